The van der Waals surface area contributed by atoms with Gasteiger partial charge in [0.15, 0.2) is 0 Å². The number of hydrogen-bond acceptors (Lipinski definition) is 3. The summed E-state index contributed by atoms with van der Waals surface area (Å²) < 4.78 is 6.48. The van der Waals surface area contributed by atoms with E-state index in [2.05, 4.69) is 33.4 Å². The molecule has 1 aromatic heterocycles. The van der Waals surface area contributed by atoms with Crippen molar-refractivity contribution < 1.29 is 4.74 Å². The van der Waals surface area contributed by atoms with Crippen molar-refractivity contribution in [2.45, 2.75) is 32.4 Å². The van der Waals surface area contributed by atoms with Crippen LogP contribution in [-0.4, -0.2) is 7.11 Å². The highest BCUT2D eigenvalue weighted by atomic mass is 79.9. The van der Waals surface area contributed by atoms with E-state index in [-0.39, 0.29) is 0 Å². The second-order valence-electron chi connectivity index (χ2n) is 5.07. The molecule has 3 rings (SSSR count). The fourth-order valence-electron chi connectivity index (χ4n) is 2.68. The standard InChI is InChI=1S/C16H18BrNOS/c1-19-15-6-5-13(17)7-12(15)9-18-10-14-8-11-3-2-4-16(11)20-14/h5-8,18H,2-4,9-10H2,1H3. The van der Waals surface area contributed by atoms with E-state index in [1.54, 1.807) is 17.6 Å². The minimum absolute atomic E-state index is 0.825. The fraction of sp³-hybridized carbons (Fsp3) is 0.375. The van der Waals surface area contributed by atoms with Crippen LogP contribution < -0.4 is 10.1 Å². The molecule has 2 aromatic rings. The van der Waals surface area contributed by atoms with Gasteiger partial charge in [-0.15, -0.1) is 11.3 Å². The molecule has 0 amide bonds. The van der Waals surface area contributed by atoms with Crippen LogP contribution >= 0.6 is 27.3 Å². The molecule has 106 valence electrons. The smallest absolute Gasteiger partial charge is 0.123 e. The molecule has 1 aliphatic carbocycles. The normalized spacial score (nSPS) is 13.5. The van der Waals surface area contributed by atoms with Gasteiger partial charge in [-0.2, -0.15) is 0 Å². The molecule has 0 radical (unpaired) electrons. The van der Waals surface area contributed by atoms with E-state index < -0.39 is 0 Å². The van der Waals surface area contributed by atoms with Crippen molar-refractivity contribution in [2.24, 2.45) is 0 Å². The highest BCUT2D eigenvalue weighted by Crippen LogP contribution is 2.30. The predicted octanol–water partition coefficient (Wildman–Crippen LogP) is 4.30. The highest BCUT2D eigenvalue weighted by molar-refractivity contribution is 9.10. The molecule has 1 heterocycles. The summed E-state index contributed by atoms with van der Waals surface area (Å²) >= 11 is 5.48. The zero-order valence-electron chi connectivity index (χ0n) is 11.5. The molecule has 1 N–H and O–H groups in total. The van der Waals surface area contributed by atoms with Crippen LogP contribution in [0.5, 0.6) is 5.75 Å². The average Bonchev–Trinajstić information content (AvgIpc) is 3.00. The largest absolute Gasteiger partial charge is 0.496 e. The third-order valence-corrected chi connectivity index (χ3v) is 5.39. The van der Waals surface area contributed by atoms with Crippen molar-refractivity contribution in [2.75, 3.05) is 7.11 Å². The zero-order valence-corrected chi connectivity index (χ0v) is 13.9. The molecule has 0 bridgehead atoms. The molecule has 0 saturated carbocycles. The Bertz CT molecular complexity index is 587. The Hall–Kier alpha value is -0.840. The monoisotopic (exact) mass is 351 g/mol. The molecule has 0 atom stereocenters. The van der Waals surface area contributed by atoms with Gasteiger partial charge in [-0.1, -0.05) is 15.9 Å². The summed E-state index contributed by atoms with van der Waals surface area (Å²) in [6.07, 6.45) is 3.88. The average molecular weight is 352 g/mol. The molecule has 0 spiro atoms. The number of hydrogen-bond donors (Lipinski definition) is 1. The Kier molecular flexibility index (Phi) is 4.44. The molecule has 0 saturated heterocycles. The van der Waals surface area contributed by atoms with Crippen LogP contribution in [0.15, 0.2) is 28.7 Å². The first kappa shape index (κ1) is 14.1. The first-order valence-electron chi connectivity index (χ1n) is 6.90. The van der Waals surface area contributed by atoms with E-state index in [0.29, 0.717) is 0 Å². The summed E-state index contributed by atoms with van der Waals surface area (Å²) in [7, 11) is 1.72. The quantitative estimate of drug-likeness (QED) is 0.866. The second-order valence-corrected chi connectivity index (χ2v) is 7.21. The van der Waals surface area contributed by atoms with Crippen molar-refractivity contribution >= 4 is 27.3 Å². The summed E-state index contributed by atoms with van der Waals surface area (Å²) in [6, 6.07) is 8.49. The van der Waals surface area contributed by atoms with Crippen molar-refractivity contribution in [3.63, 3.8) is 0 Å². The van der Waals surface area contributed by atoms with Gasteiger partial charge in [0, 0.05) is 32.9 Å². The minimum Gasteiger partial charge on any atom is -0.496 e. The summed E-state index contributed by atoms with van der Waals surface area (Å²) in [5.41, 5.74) is 2.76. The van der Waals surface area contributed by atoms with Crippen LogP contribution in [0.4, 0.5) is 0 Å². The van der Waals surface area contributed by atoms with Crippen molar-refractivity contribution in [3.8, 4) is 5.75 Å². The van der Waals surface area contributed by atoms with E-state index in [0.717, 1.165) is 23.3 Å². The number of halogens is 1. The molecule has 0 fully saturated rings. The topological polar surface area (TPSA) is 21.3 Å². The van der Waals surface area contributed by atoms with Crippen LogP contribution in [-0.2, 0) is 25.9 Å². The fourth-order valence-corrected chi connectivity index (χ4v) is 4.32. The van der Waals surface area contributed by atoms with Gasteiger partial charge < -0.3 is 10.1 Å². The predicted molar refractivity (Wildman–Crippen MR) is 87.6 cm³/mol. The van der Waals surface area contributed by atoms with Gasteiger partial charge >= 0.3 is 0 Å². The van der Waals surface area contributed by atoms with E-state index in [1.807, 2.05) is 23.5 Å². The molecular formula is C16H18BrNOS. The Morgan fingerprint density at radius 2 is 2.15 bits per heavy atom. The molecule has 1 aromatic carbocycles. The summed E-state index contributed by atoms with van der Waals surface area (Å²) in [5.74, 6) is 0.939. The number of nitrogens with one attached hydrogen (secondary N) is 1. The first-order chi connectivity index (χ1) is 9.76. The number of methoxy groups -OCH3 is 1. The van der Waals surface area contributed by atoms with Gasteiger partial charge in [0.1, 0.15) is 5.75 Å². The van der Waals surface area contributed by atoms with Crippen molar-refractivity contribution in [1.29, 1.82) is 0 Å². The summed E-state index contributed by atoms with van der Waals surface area (Å²) in [5, 5.41) is 3.52. The lowest BCUT2D eigenvalue weighted by atomic mass is 10.2. The van der Waals surface area contributed by atoms with Gasteiger partial charge in [0.25, 0.3) is 0 Å². The number of aryl methyl sites for hydroxylation is 2. The Morgan fingerprint density at radius 1 is 1.25 bits per heavy atom. The zero-order chi connectivity index (χ0) is 13.9. The Morgan fingerprint density at radius 3 is 2.95 bits per heavy atom. The Labute approximate surface area is 132 Å². The van der Waals surface area contributed by atoms with Crippen molar-refractivity contribution in [1.82, 2.24) is 5.32 Å². The van der Waals surface area contributed by atoms with Gasteiger partial charge in [0.2, 0.25) is 0 Å². The van der Waals surface area contributed by atoms with Gasteiger partial charge in [0.05, 0.1) is 7.11 Å². The number of rotatable bonds is 5. The molecule has 1 aliphatic rings. The van der Waals surface area contributed by atoms with Crippen LogP contribution in [0.1, 0.15) is 27.3 Å². The van der Waals surface area contributed by atoms with Gasteiger partial charge in [-0.3, -0.25) is 0 Å². The molecule has 4 heteroatoms. The number of benzene rings is 1. The lowest BCUT2D eigenvalue weighted by Crippen LogP contribution is -2.12. The molecule has 20 heavy (non-hydrogen) atoms. The van der Waals surface area contributed by atoms with E-state index in [1.165, 1.54) is 29.7 Å². The van der Waals surface area contributed by atoms with E-state index >= 15 is 0 Å². The third-order valence-electron chi connectivity index (χ3n) is 3.65. The number of ether oxygens (including phenoxy) is 1. The van der Waals surface area contributed by atoms with E-state index in [9.17, 15) is 0 Å². The lowest BCUT2D eigenvalue weighted by molar-refractivity contribution is 0.407. The van der Waals surface area contributed by atoms with Crippen LogP contribution in [0.2, 0.25) is 0 Å². The highest BCUT2D eigenvalue weighted by Gasteiger charge is 2.14. The lowest BCUT2D eigenvalue weighted by Gasteiger charge is -2.09. The molecular weight excluding hydrogens is 334 g/mol. The maximum atomic E-state index is 5.39. The minimum atomic E-state index is 0.825. The van der Waals surface area contributed by atoms with Crippen molar-refractivity contribution in [3.05, 3.63) is 49.6 Å². The number of thiophene rings is 1. The molecule has 0 unspecified atom stereocenters. The summed E-state index contributed by atoms with van der Waals surface area (Å²) in [6.45, 7) is 1.76. The molecule has 0 aliphatic heterocycles. The number of fused-ring (bicyclic) bond motifs is 1. The maximum Gasteiger partial charge on any atom is 0.123 e. The van der Waals surface area contributed by atoms with Gasteiger partial charge in [-0.05, 0) is 49.1 Å². The van der Waals surface area contributed by atoms with Crippen LogP contribution in [0.25, 0.3) is 0 Å². The third kappa shape index (κ3) is 3.08. The van der Waals surface area contributed by atoms with Crippen LogP contribution in [0.3, 0.4) is 0 Å². The van der Waals surface area contributed by atoms with Gasteiger partial charge in [-0.25, -0.2) is 0 Å². The van der Waals surface area contributed by atoms with E-state index in [4.69, 9.17) is 4.74 Å². The maximum absolute atomic E-state index is 5.39. The second kappa shape index (κ2) is 6.29. The first-order valence-corrected chi connectivity index (χ1v) is 8.51. The summed E-state index contributed by atoms with van der Waals surface area (Å²) in [4.78, 5) is 3.05. The van der Waals surface area contributed by atoms with Crippen LogP contribution in [0, 0.1) is 0 Å². The SMILES string of the molecule is COc1ccc(Br)cc1CNCc1cc2c(s1)CCC2. The molecule has 2 nitrogen and oxygen atoms in total. The Balaban J connectivity index is 1.60.